The maximum absolute atomic E-state index is 12.4. The van der Waals surface area contributed by atoms with Crippen LogP contribution < -0.4 is 10.6 Å². The Morgan fingerprint density at radius 3 is 2.50 bits per heavy atom. The van der Waals surface area contributed by atoms with Gasteiger partial charge in [0.2, 0.25) is 0 Å². The van der Waals surface area contributed by atoms with Gasteiger partial charge < -0.3 is 15.7 Å². The average Bonchev–Trinajstić information content (AvgIpc) is 3.33. The minimum absolute atomic E-state index is 0.146. The average molecular weight is 401 g/mol. The molecule has 0 radical (unpaired) electrons. The highest BCUT2D eigenvalue weighted by Crippen LogP contribution is 2.44. The van der Waals surface area contributed by atoms with Crippen LogP contribution in [0.15, 0.2) is 30.3 Å². The first-order valence-electron chi connectivity index (χ1n) is 9.76. The highest BCUT2D eigenvalue weighted by molar-refractivity contribution is 7.12. The van der Waals surface area contributed by atoms with Crippen molar-refractivity contribution >= 4 is 28.8 Å². The van der Waals surface area contributed by atoms with Gasteiger partial charge in [0.15, 0.2) is 0 Å². The van der Waals surface area contributed by atoms with Gasteiger partial charge in [-0.2, -0.15) is 0 Å². The Bertz CT molecular complexity index is 866. The van der Waals surface area contributed by atoms with Gasteiger partial charge in [-0.1, -0.05) is 25.0 Å². The van der Waals surface area contributed by atoms with Crippen molar-refractivity contribution in [1.82, 2.24) is 5.32 Å². The van der Waals surface area contributed by atoms with Crippen molar-refractivity contribution in [2.45, 2.75) is 58.0 Å². The fourth-order valence-corrected chi connectivity index (χ4v) is 5.01. The molecular weight excluding hydrogens is 372 g/mol. The quantitative estimate of drug-likeness (QED) is 0.664. The molecule has 1 unspecified atom stereocenters. The minimum atomic E-state index is -0.641. The number of aliphatic hydroxyl groups is 1. The van der Waals surface area contributed by atoms with Gasteiger partial charge in [0, 0.05) is 27.4 Å². The molecule has 1 aromatic carbocycles. The third kappa shape index (κ3) is 4.28. The van der Waals surface area contributed by atoms with Gasteiger partial charge in [-0.3, -0.25) is 9.59 Å². The van der Waals surface area contributed by atoms with E-state index in [0.717, 1.165) is 41.7 Å². The second-order valence-electron chi connectivity index (χ2n) is 7.75. The Kier molecular flexibility index (Phi) is 6.20. The number of carbonyl (C=O) groups is 2. The van der Waals surface area contributed by atoms with Crippen molar-refractivity contribution in [2.24, 2.45) is 0 Å². The van der Waals surface area contributed by atoms with Crippen LogP contribution in [0.3, 0.4) is 0 Å². The van der Waals surface area contributed by atoms with Crippen molar-refractivity contribution in [1.29, 1.82) is 0 Å². The number of amides is 2. The molecule has 0 aliphatic heterocycles. The van der Waals surface area contributed by atoms with Crippen molar-refractivity contribution < 1.29 is 14.7 Å². The molecule has 28 heavy (non-hydrogen) atoms. The third-order valence-corrected chi connectivity index (χ3v) is 7.27. The first-order valence-corrected chi connectivity index (χ1v) is 10.6. The maximum atomic E-state index is 12.4. The van der Waals surface area contributed by atoms with Crippen molar-refractivity contribution in [3.05, 3.63) is 51.2 Å². The van der Waals surface area contributed by atoms with Crippen LogP contribution in [0.5, 0.6) is 0 Å². The largest absolute Gasteiger partial charge is 0.388 e. The number of hydrogen-bond acceptors (Lipinski definition) is 4. The molecule has 1 heterocycles. The summed E-state index contributed by atoms with van der Waals surface area (Å²) in [6, 6.07) is 9.65. The first-order chi connectivity index (χ1) is 13.3. The predicted octanol–water partition coefficient (Wildman–Crippen LogP) is 3.98. The lowest BCUT2D eigenvalue weighted by Gasteiger charge is -2.28. The van der Waals surface area contributed by atoms with Crippen LogP contribution in [-0.4, -0.2) is 23.5 Å². The fourth-order valence-electron chi connectivity index (χ4n) is 3.82. The van der Waals surface area contributed by atoms with Crippen LogP contribution in [-0.2, 0) is 15.0 Å². The van der Waals surface area contributed by atoms with Crippen LogP contribution in [0.4, 0.5) is 5.69 Å². The molecule has 150 valence electrons. The summed E-state index contributed by atoms with van der Waals surface area (Å²) in [5.41, 5.74) is 2.54. The number of carbonyl (C=O) groups excluding carboxylic acids is 2. The molecule has 1 aliphatic carbocycles. The summed E-state index contributed by atoms with van der Waals surface area (Å²) in [6.45, 7) is 6.09. The smallest absolute Gasteiger partial charge is 0.313 e. The highest BCUT2D eigenvalue weighted by Gasteiger charge is 2.37. The number of thiophene rings is 1. The summed E-state index contributed by atoms with van der Waals surface area (Å²) in [6.07, 6.45) is 3.67. The highest BCUT2D eigenvalue weighted by atomic mass is 32.1. The van der Waals surface area contributed by atoms with Gasteiger partial charge in [0.25, 0.3) is 0 Å². The zero-order chi connectivity index (χ0) is 20.3. The summed E-state index contributed by atoms with van der Waals surface area (Å²) in [5.74, 6) is -1.25. The molecule has 3 N–H and O–H groups in total. The maximum Gasteiger partial charge on any atom is 0.313 e. The van der Waals surface area contributed by atoms with E-state index in [1.54, 1.807) is 24.3 Å². The summed E-state index contributed by atoms with van der Waals surface area (Å²) in [7, 11) is 0. The van der Waals surface area contributed by atoms with E-state index < -0.39 is 17.9 Å². The lowest BCUT2D eigenvalue weighted by Crippen LogP contribution is -2.43. The molecule has 2 aromatic rings. The number of rotatable bonds is 5. The van der Waals surface area contributed by atoms with Gasteiger partial charge in [-0.25, -0.2) is 0 Å². The minimum Gasteiger partial charge on any atom is -0.388 e. The molecular formula is C22H28N2O3S. The van der Waals surface area contributed by atoms with E-state index in [9.17, 15) is 14.7 Å². The number of aryl methyl sites for hydroxylation is 1. The van der Waals surface area contributed by atoms with E-state index in [0.29, 0.717) is 12.2 Å². The predicted molar refractivity (Wildman–Crippen MR) is 113 cm³/mol. The second kappa shape index (κ2) is 8.45. The Morgan fingerprint density at radius 1 is 1.14 bits per heavy atom. The van der Waals surface area contributed by atoms with E-state index in [1.807, 2.05) is 32.0 Å². The summed E-state index contributed by atoms with van der Waals surface area (Å²) < 4.78 is 0. The van der Waals surface area contributed by atoms with Crippen molar-refractivity contribution in [2.75, 3.05) is 11.9 Å². The van der Waals surface area contributed by atoms with Gasteiger partial charge in [-0.05, 0) is 62.9 Å². The Hall–Kier alpha value is -2.18. The van der Waals surface area contributed by atoms with E-state index >= 15 is 0 Å². The number of anilines is 1. The molecule has 1 aliphatic rings. The molecule has 1 saturated carbocycles. The first kappa shape index (κ1) is 20.6. The molecule has 1 atom stereocenters. The zero-order valence-corrected chi connectivity index (χ0v) is 17.5. The Morgan fingerprint density at radius 2 is 1.86 bits per heavy atom. The van der Waals surface area contributed by atoms with Gasteiger partial charge in [0.05, 0.1) is 6.10 Å². The normalized spacial score (nSPS) is 16.6. The third-order valence-electron chi connectivity index (χ3n) is 5.77. The van der Waals surface area contributed by atoms with Gasteiger partial charge >= 0.3 is 11.8 Å². The lowest BCUT2D eigenvalue weighted by atomic mass is 9.84. The molecule has 3 rings (SSSR count). The molecule has 0 bridgehead atoms. The standard InChI is InChI=1S/C22H28N2O3S/c1-14-7-6-8-17(15(14)2)24-21(27)20(26)23-13-22(11-4-5-12-22)19-10-9-18(28-19)16(3)25/h6-10,16,25H,4-5,11-13H2,1-3H3,(H,23,26)(H,24,27). The van der Waals surface area contributed by atoms with E-state index in [-0.39, 0.29) is 5.41 Å². The van der Waals surface area contributed by atoms with Crippen LogP contribution in [0.2, 0.25) is 0 Å². The van der Waals surface area contributed by atoms with Gasteiger partial charge in [0.1, 0.15) is 0 Å². The lowest BCUT2D eigenvalue weighted by molar-refractivity contribution is -0.136. The molecule has 1 aromatic heterocycles. The molecule has 5 nitrogen and oxygen atoms in total. The molecule has 1 fully saturated rings. The Labute approximate surface area is 170 Å². The molecule has 6 heteroatoms. The Balaban J connectivity index is 1.67. The molecule has 2 amide bonds. The number of benzene rings is 1. The van der Waals surface area contributed by atoms with Crippen LogP contribution in [0.1, 0.15) is 59.6 Å². The number of aliphatic hydroxyl groups excluding tert-OH is 1. The number of hydrogen-bond donors (Lipinski definition) is 3. The summed E-state index contributed by atoms with van der Waals surface area (Å²) in [4.78, 5) is 26.9. The summed E-state index contributed by atoms with van der Waals surface area (Å²) in [5, 5.41) is 15.4. The fraction of sp³-hybridized carbons (Fsp3) is 0.455. The van der Waals surface area contributed by atoms with Crippen molar-refractivity contribution in [3.8, 4) is 0 Å². The van der Waals surface area contributed by atoms with E-state index in [4.69, 9.17) is 0 Å². The van der Waals surface area contributed by atoms with Gasteiger partial charge in [-0.15, -0.1) is 11.3 Å². The monoisotopic (exact) mass is 400 g/mol. The number of nitrogens with one attached hydrogen (secondary N) is 2. The van der Waals surface area contributed by atoms with E-state index in [1.165, 1.54) is 4.88 Å². The molecule has 0 spiro atoms. The van der Waals surface area contributed by atoms with Crippen molar-refractivity contribution in [3.63, 3.8) is 0 Å². The molecule has 0 saturated heterocycles. The van der Waals surface area contributed by atoms with E-state index in [2.05, 4.69) is 16.7 Å². The zero-order valence-electron chi connectivity index (χ0n) is 16.7. The SMILES string of the molecule is Cc1cccc(NC(=O)C(=O)NCC2(c3ccc(C(C)O)s3)CCCC2)c1C. The van der Waals surface area contributed by atoms with Crippen LogP contribution in [0, 0.1) is 13.8 Å². The van der Waals surface area contributed by atoms with Crippen LogP contribution in [0.25, 0.3) is 0 Å². The van der Waals surface area contributed by atoms with Crippen LogP contribution >= 0.6 is 11.3 Å². The summed E-state index contributed by atoms with van der Waals surface area (Å²) >= 11 is 1.60. The topological polar surface area (TPSA) is 78.4 Å². The second-order valence-corrected chi connectivity index (χ2v) is 8.87.